The van der Waals surface area contributed by atoms with E-state index in [1.807, 2.05) is 35.2 Å². The lowest BCUT2D eigenvalue weighted by atomic mass is 9.96. The Morgan fingerprint density at radius 2 is 1.55 bits per heavy atom. The maximum absolute atomic E-state index is 14.2. The second-order valence-corrected chi connectivity index (χ2v) is 11.8. The maximum atomic E-state index is 14.2. The van der Waals surface area contributed by atoms with Crippen LogP contribution >= 0.6 is 11.6 Å². The van der Waals surface area contributed by atoms with Crippen LogP contribution in [0, 0.1) is 0 Å². The quantitative estimate of drug-likeness (QED) is 0.403. The number of nitrogens with one attached hydrogen (secondary N) is 1. The predicted molar refractivity (Wildman–Crippen MR) is 160 cm³/mol. The Labute approximate surface area is 242 Å². The highest BCUT2D eigenvalue weighted by Crippen LogP contribution is 2.35. The van der Waals surface area contributed by atoms with Crippen molar-refractivity contribution in [2.24, 2.45) is 5.73 Å². The summed E-state index contributed by atoms with van der Waals surface area (Å²) in [4.78, 5) is 31.5. The molecule has 3 N–H and O–H groups in total. The third-order valence-electron chi connectivity index (χ3n) is 8.36. The third-order valence-corrected chi connectivity index (χ3v) is 8.61. The Hall–Kier alpha value is -3.19. The highest BCUT2D eigenvalue weighted by Gasteiger charge is 2.40. The monoisotopic (exact) mass is 558 g/mol. The van der Waals surface area contributed by atoms with Gasteiger partial charge in [-0.3, -0.25) is 9.59 Å². The van der Waals surface area contributed by atoms with Crippen LogP contribution in [0.2, 0.25) is 5.02 Å². The van der Waals surface area contributed by atoms with E-state index in [1.165, 1.54) is 11.1 Å². The van der Waals surface area contributed by atoms with E-state index in [9.17, 15) is 9.59 Å². The van der Waals surface area contributed by atoms with Gasteiger partial charge in [0.1, 0.15) is 6.04 Å². The van der Waals surface area contributed by atoms with Crippen LogP contribution < -0.4 is 11.1 Å². The summed E-state index contributed by atoms with van der Waals surface area (Å²) in [5.41, 5.74) is 9.46. The zero-order chi connectivity index (χ0) is 28.1. The Kier molecular flexibility index (Phi) is 9.20. The Balaban J connectivity index is 1.36. The van der Waals surface area contributed by atoms with Gasteiger partial charge in [0, 0.05) is 43.0 Å². The molecule has 2 aliphatic rings. The summed E-state index contributed by atoms with van der Waals surface area (Å²) in [6, 6.07) is 27.3. The van der Waals surface area contributed by atoms with Gasteiger partial charge in [-0.1, -0.05) is 84.4 Å². The number of rotatable bonds is 9. The van der Waals surface area contributed by atoms with Crippen LogP contribution in [0.4, 0.5) is 0 Å². The number of hydrogen-bond donors (Lipinski definition) is 2. The molecule has 210 valence electrons. The van der Waals surface area contributed by atoms with Gasteiger partial charge in [0.25, 0.3) is 0 Å². The minimum Gasteiger partial charge on any atom is -0.343 e. The molecule has 0 radical (unpaired) electrons. The molecule has 0 spiro atoms. The lowest BCUT2D eigenvalue weighted by molar-refractivity contribution is -0.137. The zero-order valence-corrected chi connectivity index (χ0v) is 23.8. The fourth-order valence-corrected chi connectivity index (χ4v) is 6.31. The smallest absolute Gasteiger partial charge is 0.245 e. The summed E-state index contributed by atoms with van der Waals surface area (Å²) in [6.07, 6.45) is 2.40. The zero-order valence-electron chi connectivity index (χ0n) is 23.1. The van der Waals surface area contributed by atoms with Gasteiger partial charge in [-0.25, -0.2) is 0 Å². The predicted octanol–water partition coefficient (Wildman–Crippen LogP) is 4.59. The second kappa shape index (κ2) is 13.0. The summed E-state index contributed by atoms with van der Waals surface area (Å²) >= 11 is 6.10. The third kappa shape index (κ3) is 6.92. The fourth-order valence-electron chi connectivity index (χ4n) is 6.18. The van der Waals surface area contributed by atoms with Crippen molar-refractivity contribution in [2.75, 3.05) is 26.2 Å². The van der Waals surface area contributed by atoms with E-state index >= 15 is 0 Å². The number of halogens is 1. The molecule has 0 aromatic heterocycles. The van der Waals surface area contributed by atoms with Crippen molar-refractivity contribution in [1.82, 2.24) is 15.1 Å². The molecular weight excluding hydrogens is 520 g/mol. The van der Waals surface area contributed by atoms with E-state index in [2.05, 4.69) is 64.8 Å². The molecule has 2 saturated heterocycles. The van der Waals surface area contributed by atoms with E-state index < -0.39 is 12.1 Å². The molecule has 2 aliphatic heterocycles. The van der Waals surface area contributed by atoms with E-state index in [4.69, 9.17) is 17.3 Å². The fraction of sp³-hybridized carbons (Fsp3) is 0.394. The number of carbonyl (C=O) groups excluding carboxylic acids is 2. The molecule has 40 heavy (non-hydrogen) atoms. The van der Waals surface area contributed by atoms with Crippen LogP contribution in [0.15, 0.2) is 84.9 Å². The maximum Gasteiger partial charge on any atom is 0.245 e. The van der Waals surface area contributed by atoms with Crippen molar-refractivity contribution < 1.29 is 9.59 Å². The first-order chi connectivity index (χ1) is 19.4. The minimum atomic E-state index is -0.702. The normalized spacial score (nSPS) is 22.7. The molecule has 3 unspecified atom stereocenters. The molecule has 2 heterocycles. The van der Waals surface area contributed by atoms with Gasteiger partial charge in [0.05, 0.1) is 6.04 Å². The molecule has 6 nitrogen and oxygen atoms in total. The first-order valence-corrected chi connectivity index (χ1v) is 14.7. The minimum absolute atomic E-state index is 0.0498. The number of likely N-dealkylation sites (tertiary alicyclic amines) is 2. The van der Waals surface area contributed by atoms with Crippen LogP contribution in [-0.4, -0.2) is 65.9 Å². The van der Waals surface area contributed by atoms with Crippen LogP contribution in [0.3, 0.4) is 0 Å². The van der Waals surface area contributed by atoms with Gasteiger partial charge in [0.15, 0.2) is 0 Å². The molecule has 3 aromatic carbocycles. The van der Waals surface area contributed by atoms with E-state index in [0.717, 1.165) is 38.0 Å². The van der Waals surface area contributed by atoms with Crippen LogP contribution in [-0.2, 0) is 16.0 Å². The number of benzene rings is 3. The number of nitrogens with two attached hydrogens (primary N) is 1. The van der Waals surface area contributed by atoms with Gasteiger partial charge in [-0.05, 0) is 61.1 Å². The Morgan fingerprint density at radius 3 is 2.17 bits per heavy atom. The summed E-state index contributed by atoms with van der Waals surface area (Å²) < 4.78 is 0. The summed E-state index contributed by atoms with van der Waals surface area (Å²) in [5, 5.41) is 3.59. The molecule has 5 rings (SSSR count). The number of nitrogens with zero attached hydrogens (tertiary/aromatic N) is 2. The molecule has 2 fully saturated rings. The molecule has 0 aliphatic carbocycles. The Morgan fingerprint density at radius 1 is 0.925 bits per heavy atom. The van der Waals surface area contributed by atoms with E-state index in [1.54, 1.807) is 6.92 Å². The molecule has 5 atom stereocenters. The van der Waals surface area contributed by atoms with Crippen molar-refractivity contribution in [3.8, 4) is 0 Å². The summed E-state index contributed by atoms with van der Waals surface area (Å²) in [5.74, 6) is 0.391. The molecule has 2 amide bonds. The Bertz CT molecular complexity index is 1270. The molecule has 0 bridgehead atoms. The topological polar surface area (TPSA) is 78.7 Å². The highest BCUT2D eigenvalue weighted by atomic mass is 35.5. The molecular formula is C33H39ClN4O2. The van der Waals surface area contributed by atoms with Crippen molar-refractivity contribution in [1.29, 1.82) is 0 Å². The standard InChI is InChI=1S/C33H39ClN4O2/c1-23(35)32(39)36-31(18-24-12-14-29(34)15-13-24)33(40)38-21-28(26-10-6-3-7-11-26)19-30(38)22-37-17-16-27(20-37)25-8-4-2-5-9-25/h2-15,23,27-28,30-31H,16-22,35H2,1H3,(H,36,39)/t23?,27?,28-,30-,31?/m0/s1. The van der Waals surface area contributed by atoms with Gasteiger partial charge < -0.3 is 20.9 Å². The van der Waals surface area contributed by atoms with Crippen LogP contribution in [0.1, 0.15) is 48.3 Å². The summed E-state index contributed by atoms with van der Waals surface area (Å²) in [7, 11) is 0. The molecule has 7 heteroatoms. The first kappa shape index (κ1) is 28.3. The molecule has 0 saturated carbocycles. The van der Waals surface area contributed by atoms with Gasteiger partial charge >= 0.3 is 0 Å². The van der Waals surface area contributed by atoms with Crippen molar-refractivity contribution >= 4 is 23.4 Å². The van der Waals surface area contributed by atoms with Crippen LogP contribution in [0.25, 0.3) is 0 Å². The van der Waals surface area contributed by atoms with Crippen molar-refractivity contribution in [2.45, 2.75) is 56.1 Å². The lowest BCUT2D eigenvalue weighted by Gasteiger charge is -2.32. The second-order valence-electron chi connectivity index (χ2n) is 11.3. The SMILES string of the molecule is CC(N)C(=O)NC(Cc1ccc(Cl)cc1)C(=O)N1C[C@@H](c2ccccc2)C[C@H]1CN1CCC(c2ccccc2)C1. The largest absolute Gasteiger partial charge is 0.343 e. The van der Waals surface area contributed by atoms with E-state index in [0.29, 0.717) is 23.9 Å². The molecule has 3 aromatic rings. The highest BCUT2D eigenvalue weighted by molar-refractivity contribution is 6.30. The van der Waals surface area contributed by atoms with Gasteiger partial charge in [0.2, 0.25) is 11.8 Å². The summed E-state index contributed by atoms with van der Waals surface area (Å²) in [6.45, 7) is 5.11. The van der Waals surface area contributed by atoms with E-state index in [-0.39, 0.29) is 23.8 Å². The number of hydrogen-bond acceptors (Lipinski definition) is 4. The average Bonchev–Trinajstić information content (AvgIpc) is 3.62. The number of carbonyl (C=O) groups is 2. The van der Waals surface area contributed by atoms with Crippen molar-refractivity contribution in [3.63, 3.8) is 0 Å². The van der Waals surface area contributed by atoms with Crippen LogP contribution in [0.5, 0.6) is 0 Å². The van der Waals surface area contributed by atoms with Crippen molar-refractivity contribution in [3.05, 3.63) is 107 Å². The van der Waals surface area contributed by atoms with Gasteiger partial charge in [-0.2, -0.15) is 0 Å². The number of amides is 2. The first-order valence-electron chi connectivity index (χ1n) is 14.3. The lowest BCUT2D eigenvalue weighted by Crippen LogP contribution is -2.55. The average molecular weight is 559 g/mol. The van der Waals surface area contributed by atoms with Gasteiger partial charge in [-0.15, -0.1) is 0 Å².